The van der Waals surface area contributed by atoms with Crippen LogP contribution in [0, 0.1) is 0 Å². The third-order valence-corrected chi connectivity index (χ3v) is 6.47. The Labute approximate surface area is 218 Å². The van der Waals surface area contributed by atoms with Gasteiger partial charge in [0, 0.05) is 23.9 Å². The van der Waals surface area contributed by atoms with E-state index in [9.17, 15) is 4.79 Å². The second kappa shape index (κ2) is 24.5. The van der Waals surface area contributed by atoms with E-state index in [0.29, 0.717) is 12.0 Å². The summed E-state index contributed by atoms with van der Waals surface area (Å²) in [7, 11) is 0. The Morgan fingerprint density at radius 3 is 1.79 bits per heavy atom. The number of carbonyl (C=O) groups excluding carboxylic acids is 1. The summed E-state index contributed by atoms with van der Waals surface area (Å²) in [6.07, 6.45) is 21.2. The van der Waals surface area contributed by atoms with Crippen LogP contribution in [0.15, 0.2) is 12.2 Å². The first-order chi connectivity index (χ1) is 16.0. The number of hydrogen-bond donors (Lipinski definition) is 1. The van der Waals surface area contributed by atoms with E-state index in [0.717, 1.165) is 37.6 Å². The van der Waals surface area contributed by atoms with E-state index >= 15 is 0 Å². The van der Waals surface area contributed by atoms with Crippen molar-refractivity contribution >= 4 is 39.3 Å². The number of esters is 1. The molecule has 0 rings (SSSR count). The van der Waals surface area contributed by atoms with E-state index in [1.54, 1.807) is 6.92 Å². The van der Waals surface area contributed by atoms with Crippen molar-refractivity contribution in [2.45, 2.75) is 136 Å². The number of rotatable bonds is 23. The van der Waals surface area contributed by atoms with Crippen molar-refractivity contribution in [3.63, 3.8) is 0 Å². The van der Waals surface area contributed by atoms with Crippen LogP contribution in [-0.2, 0) is 14.3 Å². The Hall–Kier alpha value is -0.620. The molecule has 33 heavy (non-hydrogen) atoms. The molecule has 0 aromatic heterocycles. The van der Waals surface area contributed by atoms with Crippen LogP contribution in [-0.4, -0.2) is 29.3 Å². The number of unbranched alkanes of at least 4 members (excludes halogenated alkanes) is 15. The van der Waals surface area contributed by atoms with Crippen LogP contribution >= 0.6 is 28.1 Å². The Bertz CT molecular complexity index is 502. The second-order valence-electron chi connectivity index (χ2n) is 9.10. The molecule has 0 bridgehead atoms. The van der Waals surface area contributed by atoms with Crippen LogP contribution in [0.1, 0.15) is 129 Å². The maximum Gasteiger partial charge on any atom is 0.309 e. The van der Waals surface area contributed by atoms with Gasteiger partial charge in [0.15, 0.2) is 0 Å². The highest BCUT2D eigenvalue weighted by Gasteiger charge is 2.18. The molecule has 1 N–H and O–H groups in total. The Morgan fingerprint density at radius 1 is 0.818 bits per heavy atom. The largest absolute Gasteiger partial charge is 0.426 e. The maximum atomic E-state index is 12.0. The summed E-state index contributed by atoms with van der Waals surface area (Å²) in [5.41, 5.74) is 0.629. The van der Waals surface area contributed by atoms with Crippen LogP contribution in [0.2, 0.25) is 0 Å². The average molecular weight is 549 g/mol. The van der Waals surface area contributed by atoms with Gasteiger partial charge in [-0.15, -0.1) is 0 Å². The monoisotopic (exact) mass is 547 g/mol. The highest BCUT2D eigenvalue weighted by Crippen LogP contribution is 2.13. The van der Waals surface area contributed by atoms with Crippen molar-refractivity contribution in [1.29, 1.82) is 0 Å². The molecule has 0 aliphatic heterocycles. The predicted octanol–water partition coefficient (Wildman–Crippen LogP) is 8.76. The van der Waals surface area contributed by atoms with Crippen LogP contribution in [0.25, 0.3) is 0 Å². The molecule has 0 radical (unpaired) electrons. The Kier molecular flexibility index (Phi) is 24.0. The van der Waals surface area contributed by atoms with Crippen molar-refractivity contribution in [2.75, 3.05) is 11.9 Å². The maximum absolute atomic E-state index is 12.0. The third kappa shape index (κ3) is 22.9. The minimum absolute atomic E-state index is 0.268. The summed E-state index contributed by atoms with van der Waals surface area (Å²) >= 11 is 8.65. The summed E-state index contributed by atoms with van der Waals surface area (Å²) in [4.78, 5) is 12.0. The molecule has 0 fully saturated rings. The van der Waals surface area contributed by atoms with Gasteiger partial charge >= 0.3 is 5.97 Å². The highest BCUT2D eigenvalue weighted by atomic mass is 79.9. The zero-order chi connectivity index (χ0) is 24.6. The first kappa shape index (κ1) is 32.4. The van der Waals surface area contributed by atoms with E-state index in [-0.39, 0.29) is 11.1 Å². The lowest BCUT2D eigenvalue weighted by molar-refractivity contribution is -0.160. The fourth-order valence-corrected chi connectivity index (χ4v) is 4.18. The molecule has 0 aromatic rings. The second-order valence-corrected chi connectivity index (χ2v) is 10.3. The van der Waals surface area contributed by atoms with Crippen molar-refractivity contribution in [3.8, 4) is 0 Å². The first-order valence-electron chi connectivity index (χ1n) is 13.4. The van der Waals surface area contributed by atoms with Gasteiger partial charge in [-0.25, -0.2) is 0 Å². The fourth-order valence-electron chi connectivity index (χ4n) is 3.59. The van der Waals surface area contributed by atoms with E-state index in [1.165, 1.54) is 83.5 Å². The van der Waals surface area contributed by atoms with Crippen molar-refractivity contribution in [1.82, 2.24) is 5.32 Å². The lowest BCUT2D eigenvalue weighted by atomic mass is 10.0. The van der Waals surface area contributed by atoms with Gasteiger partial charge in [0.2, 0.25) is 0 Å². The molecule has 0 aliphatic rings. The quantitative estimate of drug-likeness (QED) is 0.0345. The summed E-state index contributed by atoms with van der Waals surface area (Å²) in [6.45, 7) is 8.68. The van der Waals surface area contributed by atoms with Gasteiger partial charge in [-0.1, -0.05) is 119 Å². The van der Waals surface area contributed by atoms with Crippen molar-refractivity contribution in [3.05, 3.63) is 12.2 Å². The summed E-state index contributed by atoms with van der Waals surface area (Å²) in [5.74, 6) is -0.271. The van der Waals surface area contributed by atoms with Crippen LogP contribution < -0.4 is 5.32 Å². The predicted molar refractivity (Wildman–Crippen MR) is 149 cm³/mol. The molecular weight excluding hydrogens is 498 g/mol. The van der Waals surface area contributed by atoms with Gasteiger partial charge in [-0.05, 0) is 38.4 Å². The van der Waals surface area contributed by atoms with E-state index in [1.807, 2.05) is 0 Å². The van der Waals surface area contributed by atoms with E-state index in [4.69, 9.17) is 21.7 Å². The fraction of sp³-hybridized carbons (Fsp3) is 0.852. The normalized spacial score (nSPS) is 11.7. The van der Waals surface area contributed by atoms with Gasteiger partial charge < -0.3 is 14.8 Å². The number of halogens is 1. The highest BCUT2D eigenvalue weighted by molar-refractivity contribution is 9.09. The molecular formula is C27H50BrNO3S. The number of nitrogens with one attached hydrogen (secondary N) is 1. The van der Waals surface area contributed by atoms with E-state index < -0.39 is 6.29 Å². The molecule has 194 valence electrons. The minimum Gasteiger partial charge on any atom is -0.426 e. The SMILES string of the molecule is C=C(C)C(OC(=O)CCCCCBr)OC(=S)NCCCCCCCCCCCCCCCC. The average Bonchev–Trinajstić information content (AvgIpc) is 2.78. The molecule has 6 heteroatoms. The number of ether oxygens (including phenoxy) is 2. The zero-order valence-electron chi connectivity index (χ0n) is 21.4. The standard InChI is InChI=1S/C27H50BrNO3S/c1-4-5-6-7-8-9-10-11-12-13-14-15-16-20-23-29-27(33)32-26(24(2)3)31-25(30)21-18-17-19-22-28/h26H,2,4-23H2,1,3H3,(H,29,33). The molecule has 0 aromatic carbocycles. The molecule has 4 nitrogen and oxygen atoms in total. The topological polar surface area (TPSA) is 47.6 Å². The first-order valence-corrected chi connectivity index (χ1v) is 14.9. The molecule has 0 saturated carbocycles. The number of hydrogen-bond acceptors (Lipinski definition) is 4. The van der Waals surface area contributed by atoms with Gasteiger partial charge in [0.1, 0.15) is 0 Å². The number of thiocarbonyl (C=S) groups is 1. The summed E-state index contributed by atoms with van der Waals surface area (Å²) in [6, 6.07) is 0. The zero-order valence-corrected chi connectivity index (χ0v) is 23.8. The molecule has 1 unspecified atom stereocenters. The van der Waals surface area contributed by atoms with Crippen molar-refractivity contribution < 1.29 is 14.3 Å². The lowest BCUT2D eigenvalue weighted by Crippen LogP contribution is -2.32. The Balaban J connectivity index is 3.63. The third-order valence-electron chi connectivity index (χ3n) is 5.67. The smallest absolute Gasteiger partial charge is 0.309 e. The van der Waals surface area contributed by atoms with Crippen molar-refractivity contribution in [2.24, 2.45) is 0 Å². The lowest BCUT2D eigenvalue weighted by Gasteiger charge is -2.20. The van der Waals surface area contributed by atoms with Gasteiger partial charge in [-0.2, -0.15) is 0 Å². The number of carbonyl (C=O) groups is 1. The van der Waals surface area contributed by atoms with Crippen LogP contribution in [0.3, 0.4) is 0 Å². The molecule has 0 saturated heterocycles. The molecule has 0 amide bonds. The molecule has 1 atom stereocenters. The van der Waals surface area contributed by atoms with Gasteiger partial charge in [-0.3, -0.25) is 4.79 Å². The summed E-state index contributed by atoms with van der Waals surface area (Å²) < 4.78 is 11.0. The molecule has 0 spiro atoms. The number of alkyl halides is 1. The van der Waals surface area contributed by atoms with Gasteiger partial charge in [0.05, 0.1) is 0 Å². The summed E-state index contributed by atoms with van der Waals surface area (Å²) in [5, 5.41) is 4.34. The van der Waals surface area contributed by atoms with Crippen LogP contribution in [0.5, 0.6) is 0 Å². The molecule has 0 heterocycles. The van der Waals surface area contributed by atoms with E-state index in [2.05, 4.69) is 34.7 Å². The van der Waals surface area contributed by atoms with Gasteiger partial charge in [0.25, 0.3) is 11.5 Å². The molecule has 0 aliphatic carbocycles. The minimum atomic E-state index is -0.815. The van der Waals surface area contributed by atoms with Crippen LogP contribution in [0.4, 0.5) is 0 Å². The Morgan fingerprint density at radius 2 is 1.30 bits per heavy atom.